The Morgan fingerprint density at radius 1 is 1.22 bits per heavy atom. The van der Waals surface area contributed by atoms with E-state index in [-0.39, 0.29) is 0 Å². The molecule has 1 atom stereocenters. The molecule has 1 unspecified atom stereocenters. The first-order valence-electron chi connectivity index (χ1n) is 6.45. The maximum Gasteiger partial charge on any atom is 0.0451 e. The van der Waals surface area contributed by atoms with E-state index in [1.165, 1.54) is 24.2 Å². The minimum absolute atomic E-state index is 0.600. The molecule has 0 aliphatic carbocycles. The lowest BCUT2D eigenvalue weighted by Crippen LogP contribution is -2.25. The number of benzene rings is 1. The van der Waals surface area contributed by atoms with E-state index in [4.69, 9.17) is 0 Å². The Balaban J connectivity index is 1.52. The lowest BCUT2D eigenvalue weighted by Gasteiger charge is -2.16. The standard InChI is InChI=1S/C15H18N2S/c1-2-4-13(5-3-1)10-17-8-6-14(11-17)16-15-7-9-18-12-15/h1-5,7,9,12,14,16H,6,8,10-11H2. The van der Waals surface area contributed by atoms with Gasteiger partial charge in [-0.25, -0.2) is 0 Å². The van der Waals surface area contributed by atoms with Crippen molar-refractivity contribution in [1.82, 2.24) is 4.90 Å². The summed E-state index contributed by atoms with van der Waals surface area (Å²) >= 11 is 1.75. The van der Waals surface area contributed by atoms with Gasteiger partial charge in [0, 0.05) is 36.7 Å². The van der Waals surface area contributed by atoms with Crippen LogP contribution in [-0.4, -0.2) is 24.0 Å². The summed E-state index contributed by atoms with van der Waals surface area (Å²) in [5.74, 6) is 0. The van der Waals surface area contributed by atoms with E-state index in [1.54, 1.807) is 11.3 Å². The van der Waals surface area contributed by atoms with Gasteiger partial charge in [-0.2, -0.15) is 11.3 Å². The molecule has 18 heavy (non-hydrogen) atoms. The van der Waals surface area contributed by atoms with Crippen LogP contribution < -0.4 is 5.32 Å². The molecule has 2 aromatic rings. The Morgan fingerprint density at radius 2 is 2.11 bits per heavy atom. The molecule has 0 radical (unpaired) electrons. The van der Waals surface area contributed by atoms with Crippen molar-refractivity contribution >= 4 is 17.0 Å². The van der Waals surface area contributed by atoms with Gasteiger partial charge in [-0.3, -0.25) is 4.90 Å². The van der Waals surface area contributed by atoms with Crippen molar-refractivity contribution < 1.29 is 0 Å². The first-order chi connectivity index (χ1) is 8.90. The highest BCUT2D eigenvalue weighted by Crippen LogP contribution is 2.19. The fourth-order valence-corrected chi connectivity index (χ4v) is 3.11. The van der Waals surface area contributed by atoms with E-state index in [9.17, 15) is 0 Å². The Morgan fingerprint density at radius 3 is 2.89 bits per heavy atom. The van der Waals surface area contributed by atoms with Crippen molar-refractivity contribution in [3.05, 3.63) is 52.7 Å². The second-order valence-corrected chi connectivity index (χ2v) is 5.64. The van der Waals surface area contributed by atoms with Crippen molar-refractivity contribution in [2.75, 3.05) is 18.4 Å². The fourth-order valence-electron chi connectivity index (χ4n) is 2.52. The zero-order valence-corrected chi connectivity index (χ0v) is 11.2. The molecule has 0 bridgehead atoms. The van der Waals surface area contributed by atoms with Crippen LogP contribution in [-0.2, 0) is 6.54 Å². The van der Waals surface area contributed by atoms with Gasteiger partial charge < -0.3 is 5.32 Å². The number of nitrogens with one attached hydrogen (secondary N) is 1. The zero-order valence-electron chi connectivity index (χ0n) is 10.4. The van der Waals surface area contributed by atoms with Crippen molar-refractivity contribution in [1.29, 1.82) is 0 Å². The molecule has 3 heteroatoms. The van der Waals surface area contributed by atoms with E-state index in [2.05, 4.69) is 57.4 Å². The lowest BCUT2D eigenvalue weighted by atomic mass is 10.2. The maximum atomic E-state index is 3.61. The van der Waals surface area contributed by atoms with Gasteiger partial charge in [0.1, 0.15) is 0 Å². The number of rotatable bonds is 4. The van der Waals surface area contributed by atoms with Crippen LogP contribution in [0.4, 0.5) is 5.69 Å². The SMILES string of the molecule is c1ccc(CN2CCC(Nc3ccsc3)C2)cc1. The quantitative estimate of drug-likeness (QED) is 0.904. The summed E-state index contributed by atoms with van der Waals surface area (Å²) in [5.41, 5.74) is 2.68. The summed E-state index contributed by atoms with van der Waals surface area (Å²) in [6.07, 6.45) is 1.24. The third-order valence-corrected chi connectivity index (χ3v) is 4.10. The van der Waals surface area contributed by atoms with Gasteiger partial charge >= 0.3 is 0 Å². The van der Waals surface area contributed by atoms with Crippen LogP contribution >= 0.6 is 11.3 Å². The normalized spacial score (nSPS) is 20.1. The van der Waals surface area contributed by atoms with Crippen molar-refractivity contribution in [2.45, 2.75) is 19.0 Å². The number of nitrogens with zero attached hydrogens (tertiary/aromatic N) is 1. The monoisotopic (exact) mass is 258 g/mol. The summed E-state index contributed by atoms with van der Waals surface area (Å²) in [4.78, 5) is 2.53. The van der Waals surface area contributed by atoms with E-state index < -0.39 is 0 Å². The van der Waals surface area contributed by atoms with Crippen LogP contribution in [0.5, 0.6) is 0 Å². The number of thiophene rings is 1. The zero-order chi connectivity index (χ0) is 12.2. The molecule has 2 nitrogen and oxygen atoms in total. The molecule has 1 fully saturated rings. The summed E-state index contributed by atoms with van der Waals surface area (Å²) in [5, 5.41) is 7.91. The van der Waals surface area contributed by atoms with Gasteiger partial charge in [0.2, 0.25) is 0 Å². The third kappa shape index (κ3) is 2.92. The second kappa shape index (κ2) is 5.55. The van der Waals surface area contributed by atoms with Gasteiger partial charge in [-0.15, -0.1) is 0 Å². The van der Waals surface area contributed by atoms with E-state index in [0.717, 1.165) is 13.1 Å². The summed E-state index contributed by atoms with van der Waals surface area (Å²) in [6, 6.07) is 13.5. The lowest BCUT2D eigenvalue weighted by molar-refractivity contribution is 0.328. The van der Waals surface area contributed by atoms with E-state index in [0.29, 0.717) is 6.04 Å². The molecule has 1 saturated heterocycles. The first-order valence-corrected chi connectivity index (χ1v) is 7.39. The highest BCUT2D eigenvalue weighted by atomic mass is 32.1. The molecule has 3 rings (SSSR count). The highest BCUT2D eigenvalue weighted by molar-refractivity contribution is 7.08. The molecule has 1 aliphatic heterocycles. The van der Waals surface area contributed by atoms with E-state index in [1.807, 2.05) is 0 Å². The van der Waals surface area contributed by atoms with Crippen molar-refractivity contribution in [2.24, 2.45) is 0 Å². The largest absolute Gasteiger partial charge is 0.380 e. The molecule has 1 aromatic heterocycles. The predicted octanol–water partition coefficient (Wildman–Crippen LogP) is 3.43. The molecule has 1 aromatic carbocycles. The average Bonchev–Trinajstić information content (AvgIpc) is 3.03. The van der Waals surface area contributed by atoms with E-state index >= 15 is 0 Å². The molecule has 0 amide bonds. The van der Waals surface area contributed by atoms with Crippen LogP contribution in [0.1, 0.15) is 12.0 Å². The van der Waals surface area contributed by atoms with Gasteiger partial charge in [0.25, 0.3) is 0 Å². The average molecular weight is 258 g/mol. The predicted molar refractivity (Wildman–Crippen MR) is 78.1 cm³/mol. The van der Waals surface area contributed by atoms with Crippen LogP contribution in [0.3, 0.4) is 0 Å². The number of hydrogen-bond donors (Lipinski definition) is 1. The molecule has 1 N–H and O–H groups in total. The van der Waals surface area contributed by atoms with Crippen LogP contribution in [0.2, 0.25) is 0 Å². The van der Waals surface area contributed by atoms with Crippen molar-refractivity contribution in [3.63, 3.8) is 0 Å². The van der Waals surface area contributed by atoms with Gasteiger partial charge in [0.05, 0.1) is 0 Å². The smallest absolute Gasteiger partial charge is 0.0451 e. The topological polar surface area (TPSA) is 15.3 Å². The van der Waals surface area contributed by atoms with Crippen LogP contribution in [0.25, 0.3) is 0 Å². The Kier molecular flexibility index (Phi) is 3.62. The highest BCUT2D eigenvalue weighted by Gasteiger charge is 2.22. The molecule has 0 saturated carbocycles. The van der Waals surface area contributed by atoms with Crippen LogP contribution in [0, 0.1) is 0 Å². The summed E-state index contributed by atoms with van der Waals surface area (Å²) < 4.78 is 0. The Bertz CT molecular complexity index is 467. The molecule has 94 valence electrons. The molecular weight excluding hydrogens is 240 g/mol. The van der Waals surface area contributed by atoms with Gasteiger partial charge in [0.15, 0.2) is 0 Å². The Labute approximate surface area is 112 Å². The minimum atomic E-state index is 0.600. The second-order valence-electron chi connectivity index (χ2n) is 4.86. The molecule has 1 aliphatic rings. The summed E-state index contributed by atoms with van der Waals surface area (Å²) in [6.45, 7) is 3.41. The van der Waals surface area contributed by atoms with Crippen molar-refractivity contribution in [3.8, 4) is 0 Å². The number of likely N-dealkylation sites (tertiary alicyclic amines) is 1. The fraction of sp³-hybridized carbons (Fsp3) is 0.333. The summed E-state index contributed by atoms with van der Waals surface area (Å²) in [7, 11) is 0. The molecular formula is C15H18N2S. The number of hydrogen-bond acceptors (Lipinski definition) is 3. The van der Waals surface area contributed by atoms with Gasteiger partial charge in [-0.05, 0) is 23.4 Å². The molecule has 2 heterocycles. The minimum Gasteiger partial charge on any atom is -0.380 e. The molecule has 0 spiro atoms. The van der Waals surface area contributed by atoms with Crippen LogP contribution in [0.15, 0.2) is 47.2 Å². The number of anilines is 1. The van der Waals surface area contributed by atoms with Gasteiger partial charge in [-0.1, -0.05) is 30.3 Å². The third-order valence-electron chi connectivity index (χ3n) is 3.41. The first kappa shape index (κ1) is 11.8. The maximum absolute atomic E-state index is 3.61. The Hall–Kier alpha value is -1.32.